The zero-order valence-electron chi connectivity index (χ0n) is 18.3. The summed E-state index contributed by atoms with van der Waals surface area (Å²) in [5.74, 6) is 0. The molecule has 0 saturated carbocycles. The van der Waals surface area contributed by atoms with Crippen molar-refractivity contribution in [2.24, 2.45) is 0 Å². The van der Waals surface area contributed by atoms with Crippen molar-refractivity contribution in [1.82, 2.24) is 9.97 Å². The average Bonchev–Trinajstić information content (AvgIpc) is 3.22. The van der Waals surface area contributed by atoms with Crippen LogP contribution in [-0.2, 0) is 0 Å². The van der Waals surface area contributed by atoms with Gasteiger partial charge >= 0.3 is 0 Å². The number of benzene rings is 3. The van der Waals surface area contributed by atoms with Crippen molar-refractivity contribution in [2.75, 3.05) is 0 Å². The van der Waals surface area contributed by atoms with Crippen molar-refractivity contribution >= 4 is 32.7 Å². The predicted octanol–water partition coefficient (Wildman–Crippen LogP) is 7.79. The lowest BCUT2D eigenvalue weighted by atomic mass is 9.90. The van der Waals surface area contributed by atoms with Crippen LogP contribution in [-0.4, -0.2) is 9.97 Å². The lowest BCUT2D eigenvalue weighted by molar-refractivity contribution is 0.670. The van der Waals surface area contributed by atoms with Gasteiger partial charge < -0.3 is 4.42 Å². The molecule has 3 heteroatoms. The first-order valence-corrected chi connectivity index (χ1v) is 10.8. The third-order valence-corrected chi connectivity index (χ3v) is 6.53. The van der Waals surface area contributed by atoms with Crippen LogP contribution in [0, 0.1) is 20.8 Å². The van der Waals surface area contributed by atoms with E-state index < -0.39 is 0 Å². The van der Waals surface area contributed by atoms with E-state index in [4.69, 9.17) is 4.42 Å². The van der Waals surface area contributed by atoms with Crippen molar-refractivity contribution in [3.8, 4) is 22.4 Å². The molecule has 0 amide bonds. The van der Waals surface area contributed by atoms with Gasteiger partial charge in [-0.3, -0.25) is 9.97 Å². The maximum absolute atomic E-state index is 6.69. The molecule has 0 saturated heterocycles. The molecule has 0 aliphatic heterocycles. The van der Waals surface area contributed by atoms with Crippen LogP contribution in [0.25, 0.3) is 55.1 Å². The van der Waals surface area contributed by atoms with Crippen LogP contribution in [0.5, 0.6) is 0 Å². The second-order valence-electron chi connectivity index (χ2n) is 8.42. The van der Waals surface area contributed by atoms with Crippen molar-refractivity contribution < 1.29 is 4.42 Å². The molecule has 154 valence electrons. The summed E-state index contributed by atoms with van der Waals surface area (Å²) in [6.07, 6.45) is 5.64. The molecular weight excluding hydrogens is 392 g/mol. The minimum absolute atomic E-state index is 0.879. The number of aromatic nitrogens is 2. The Bertz CT molecular complexity index is 1650. The van der Waals surface area contributed by atoms with Gasteiger partial charge in [0.15, 0.2) is 0 Å². The van der Waals surface area contributed by atoms with Gasteiger partial charge in [0.05, 0.1) is 5.69 Å². The molecule has 6 aromatic rings. The molecule has 6 rings (SSSR count). The Balaban J connectivity index is 1.76. The molecule has 0 spiro atoms. The van der Waals surface area contributed by atoms with E-state index in [1.165, 1.54) is 27.6 Å². The number of furan rings is 1. The first kappa shape index (κ1) is 18.8. The monoisotopic (exact) mass is 414 g/mol. The van der Waals surface area contributed by atoms with Gasteiger partial charge in [0.1, 0.15) is 11.2 Å². The first-order valence-electron chi connectivity index (χ1n) is 10.8. The molecule has 0 atom stereocenters. The second-order valence-corrected chi connectivity index (χ2v) is 8.42. The Kier molecular flexibility index (Phi) is 4.12. The second kappa shape index (κ2) is 7.03. The molecular formula is C29H22N2O. The van der Waals surface area contributed by atoms with Gasteiger partial charge in [-0.25, -0.2) is 0 Å². The summed E-state index contributed by atoms with van der Waals surface area (Å²) >= 11 is 0. The van der Waals surface area contributed by atoms with Crippen molar-refractivity contribution in [2.45, 2.75) is 20.8 Å². The highest BCUT2D eigenvalue weighted by Gasteiger charge is 2.20. The van der Waals surface area contributed by atoms with Crippen LogP contribution in [0.3, 0.4) is 0 Å². The molecule has 0 unspecified atom stereocenters. The van der Waals surface area contributed by atoms with Crippen LogP contribution in [0.2, 0.25) is 0 Å². The van der Waals surface area contributed by atoms with Crippen molar-refractivity contribution in [1.29, 1.82) is 0 Å². The fourth-order valence-corrected chi connectivity index (χ4v) is 4.82. The van der Waals surface area contributed by atoms with E-state index in [0.29, 0.717) is 0 Å². The average molecular weight is 415 g/mol. The van der Waals surface area contributed by atoms with E-state index in [1.807, 2.05) is 36.8 Å². The third-order valence-electron chi connectivity index (χ3n) is 6.53. The number of pyridine rings is 2. The predicted molar refractivity (Wildman–Crippen MR) is 132 cm³/mol. The topological polar surface area (TPSA) is 38.9 Å². The van der Waals surface area contributed by atoms with E-state index in [9.17, 15) is 0 Å². The van der Waals surface area contributed by atoms with Gasteiger partial charge in [-0.15, -0.1) is 0 Å². The Morgan fingerprint density at radius 2 is 1.62 bits per heavy atom. The number of hydrogen-bond acceptors (Lipinski definition) is 3. The van der Waals surface area contributed by atoms with Gasteiger partial charge in [-0.1, -0.05) is 36.4 Å². The summed E-state index contributed by atoms with van der Waals surface area (Å²) in [5.41, 5.74) is 9.73. The maximum atomic E-state index is 6.69. The lowest BCUT2D eigenvalue weighted by Gasteiger charge is -2.14. The van der Waals surface area contributed by atoms with Crippen molar-refractivity contribution in [3.05, 3.63) is 95.9 Å². The summed E-state index contributed by atoms with van der Waals surface area (Å²) in [6.45, 7) is 6.50. The molecule has 0 aliphatic carbocycles. The summed E-state index contributed by atoms with van der Waals surface area (Å²) in [7, 11) is 0. The molecule has 3 nitrogen and oxygen atoms in total. The molecule has 0 aliphatic rings. The van der Waals surface area contributed by atoms with Crippen LogP contribution in [0.1, 0.15) is 16.7 Å². The Morgan fingerprint density at radius 3 is 2.47 bits per heavy atom. The summed E-state index contributed by atoms with van der Waals surface area (Å²) in [6, 6.07) is 21.0. The number of rotatable bonds is 2. The molecule has 3 aromatic heterocycles. The maximum Gasteiger partial charge on any atom is 0.144 e. The van der Waals surface area contributed by atoms with Crippen molar-refractivity contribution in [3.63, 3.8) is 0 Å². The number of fused-ring (bicyclic) bond motifs is 4. The standard InChI is InChI=1S/C29H22N2O/c1-17-10-11-23(27-19(3)18(2)15-20-12-14-30-16-24(20)27)29-26(17)22-8-6-7-21(28(22)32-29)25-9-4-5-13-31-25/h4-16H,1-3H3. The number of hydrogen-bond donors (Lipinski definition) is 0. The highest BCUT2D eigenvalue weighted by molar-refractivity contribution is 6.16. The van der Waals surface area contributed by atoms with Crippen LogP contribution in [0.4, 0.5) is 0 Å². The zero-order valence-corrected chi connectivity index (χ0v) is 18.3. The molecule has 0 fully saturated rings. The fourth-order valence-electron chi connectivity index (χ4n) is 4.82. The van der Waals surface area contributed by atoms with E-state index in [2.05, 4.69) is 73.2 Å². The Hall–Kier alpha value is -3.98. The fraction of sp³-hybridized carbons (Fsp3) is 0.103. The van der Waals surface area contributed by atoms with E-state index in [0.717, 1.165) is 44.1 Å². The number of aryl methyl sites for hydroxylation is 2. The smallest absolute Gasteiger partial charge is 0.144 e. The van der Waals surface area contributed by atoms with E-state index in [1.54, 1.807) is 0 Å². The van der Waals surface area contributed by atoms with Gasteiger partial charge in [-0.05, 0) is 72.7 Å². The number of para-hydroxylation sites is 1. The van der Waals surface area contributed by atoms with E-state index >= 15 is 0 Å². The molecule has 0 N–H and O–H groups in total. The zero-order chi connectivity index (χ0) is 21.8. The summed E-state index contributed by atoms with van der Waals surface area (Å²) in [4.78, 5) is 9.00. The molecule has 32 heavy (non-hydrogen) atoms. The van der Waals surface area contributed by atoms with Gasteiger partial charge in [0.2, 0.25) is 0 Å². The van der Waals surface area contributed by atoms with Crippen LogP contribution in [0.15, 0.2) is 83.7 Å². The quantitative estimate of drug-likeness (QED) is 0.290. The largest absolute Gasteiger partial charge is 0.455 e. The highest BCUT2D eigenvalue weighted by atomic mass is 16.3. The Labute approximate surface area is 186 Å². The number of nitrogens with zero attached hydrogens (tertiary/aromatic N) is 2. The Morgan fingerprint density at radius 1 is 0.719 bits per heavy atom. The van der Waals surface area contributed by atoms with Crippen LogP contribution >= 0.6 is 0 Å². The molecule has 3 heterocycles. The highest BCUT2D eigenvalue weighted by Crippen LogP contribution is 2.43. The van der Waals surface area contributed by atoms with Gasteiger partial charge in [-0.2, -0.15) is 0 Å². The van der Waals surface area contributed by atoms with E-state index in [-0.39, 0.29) is 0 Å². The minimum atomic E-state index is 0.879. The summed E-state index contributed by atoms with van der Waals surface area (Å²) < 4.78 is 6.69. The third kappa shape index (κ3) is 2.68. The molecule has 0 bridgehead atoms. The molecule has 3 aromatic carbocycles. The summed E-state index contributed by atoms with van der Waals surface area (Å²) in [5, 5.41) is 4.62. The SMILES string of the molecule is Cc1cc2ccncc2c(-c2ccc(C)c3c2oc2c(-c4ccccn4)cccc23)c1C. The van der Waals surface area contributed by atoms with Crippen LogP contribution < -0.4 is 0 Å². The minimum Gasteiger partial charge on any atom is -0.455 e. The first-order chi connectivity index (χ1) is 15.6. The van der Waals surface area contributed by atoms with Gasteiger partial charge in [0, 0.05) is 45.9 Å². The lowest BCUT2D eigenvalue weighted by Crippen LogP contribution is -1.92. The normalized spacial score (nSPS) is 11.6. The van der Waals surface area contributed by atoms with Gasteiger partial charge in [0.25, 0.3) is 0 Å². The molecule has 0 radical (unpaired) electrons.